The summed E-state index contributed by atoms with van der Waals surface area (Å²) in [6.07, 6.45) is 5.45. The number of hydrogen-bond acceptors (Lipinski definition) is 3. The van der Waals surface area contributed by atoms with Gasteiger partial charge in [-0.1, -0.05) is 6.92 Å². The molecule has 1 saturated heterocycles. The van der Waals surface area contributed by atoms with Crippen molar-refractivity contribution in [3.8, 4) is 0 Å². The zero-order valence-corrected chi connectivity index (χ0v) is 8.69. The second-order valence-corrected chi connectivity index (χ2v) is 3.66. The van der Waals surface area contributed by atoms with Gasteiger partial charge in [-0.3, -0.25) is 9.58 Å². The minimum absolute atomic E-state index is 0.437. The van der Waals surface area contributed by atoms with Gasteiger partial charge in [-0.2, -0.15) is 5.10 Å². The monoisotopic (exact) mass is 194 g/mol. The molecule has 1 aromatic heterocycles. The molecule has 1 atom stereocenters. The third-order valence-corrected chi connectivity index (χ3v) is 2.77. The number of rotatable bonds is 3. The Morgan fingerprint density at radius 1 is 1.43 bits per heavy atom. The predicted molar refractivity (Wildman–Crippen MR) is 56.0 cm³/mol. The van der Waals surface area contributed by atoms with Crippen LogP contribution in [0, 0.1) is 0 Å². The minimum Gasteiger partial charge on any atom is -0.314 e. The van der Waals surface area contributed by atoms with Crippen LogP contribution in [-0.2, 0) is 0 Å². The molecule has 0 aromatic carbocycles. The lowest BCUT2D eigenvalue weighted by Gasteiger charge is -2.34. The van der Waals surface area contributed by atoms with Crippen molar-refractivity contribution in [1.82, 2.24) is 20.0 Å². The zero-order valence-electron chi connectivity index (χ0n) is 8.69. The minimum atomic E-state index is 0.437. The van der Waals surface area contributed by atoms with Gasteiger partial charge < -0.3 is 5.32 Å². The molecule has 4 nitrogen and oxygen atoms in total. The van der Waals surface area contributed by atoms with E-state index in [1.165, 1.54) is 0 Å². The number of nitrogens with one attached hydrogen (secondary N) is 1. The quantitative estimate of drug-likeness (QED) is 0.769. The van der Waals surface area contributed by atoms with Crippen LogP contribution in [0.3, 0.4) is 0 Å². The lowest BCUT2D eigenvalue weighted by Crippen LogP contribution is -2.46. The fourth-order valence-electron chi connectivity index (χ4n) is 2.05. The van der Waals surface area contributed by atoms with Crippen LogP contribution in [0.1, 0.15) is 19.5 Å². The molecule has 0 bridgehead atoms. The smallest absolute Gasteiger partial charge is 0.104 e. The maximum absolute atomic E-state index is 4.32. The first-order valence-corrected chi connectivity index (χ1v) is 5.35. The fourth-order valence-corrected chi connectivity index (χ4v) is 2.05. The summed E-state index contributed by atoms with van der Waals surface area (Å²) >= 11 is 0. The largest absolute Gasteiger partial charge is 0.314 e. The van der Waals surface area contributed by atoms with Crippen molar-refractivity contribution >= 4 is 0 Å². The van der Waals surface area contributed by atoms with E-state index in [2.05, 4.69) is 33.1 Å². The first-order chi connectivity index (χ1) is 6.92. The SMILES string of the molecule is CCC(N1CCNCC1)n1cccn1. The summed E-state index contributed by atoms with van der Waals surface area (Å²) < 4.78 is 2.06. The molecule has 1 aliphatic heterocycles. The summed E-state index contributed by atoms with van der Waals surface area (Å²) in [6, 6.07) is 1.99. The van der Waals surface area contributed by atoms with Crippen molar-refractivity contribution in [2.45, 2.75) is 19.5 Å². The van der Waals surface area contributed by atoms with Crippen LogP contribution in [0.5, 0.6) is 0 Å². The molecule has 0 spiro atoms. The molecule has 4 heteroatoms. The fraction of sp³-hybridized carbons (Fsp3) is 0.700. The van der Waals surface area contributed by atoms with Crippen molar-refractivity contribution in [3.63, 3.8) is 0 Å². The summed E-state index contributed by atoms with van der Waals surface area (Å²) in [7, 11) is 0. The number of aromatic nitrogens is 2. The zero-order chi connectivity index (χ0) is 9.80. The normalized spacial score (nSPS) is 20.9. The maximum Gasteiger partial charge on any atom is 0.104 e. The van der Waals surface area contributed by atoms with Gasteiger partial charge in [-0.05, 0) is 12.5 Å². The van der Waals surface area contributed by atoms with E-state index in [9.17, 15) is 0 Å². The average molecular weight is 194 g/mol. The van der Waals surface area contributed by atoms with Gasteiger partial charge in [0.25, 0.3) is 0 Å². The molecular weight excluding hydrogens is 176 g/mol. The molecular formula is C10H18N4. The highest BCUT2D eigenvalue weighted by atomic mass is 15.4. The molecule has 1 aromatic rings. The van der Waals surface area contributed by atoms with Crippen LogP contribution < -0.4 is 5.32 Å². The van der Waals surface area contributed by atoms with Gasteiger partial charge >= 0.3 is 0 Å². The van der Waals surface area contributed by atoms with Crippen molar-refractivity contribution in [1.29, 1.82) is 0 Å². The Bertz CT molecular complexity index is 251. The molecule has 1 N–H and O–H groups in total. The van der Waals surface area contributed by atoms with Crippen LogP contribution in [0.2, 0.25) is 0 Å². The van der Waals surface area contributed by atoms with E-state index in [1.807, 2.05) is 12.3 Å². The van der Waals surface area contributed by atoms with E-state index in [0.29, 0.717) is 6.17 Å². The summed E-state index contributed by atoms with van der Waals surface area (Å²) in [5.74, 6) is 0. The van der Waals surface area contributed by atoms with Gasteiger partial charge in [0.15, 0.2) is 0 Å². The Kier molecular flexibility index (Phi) is 3.16. The third-order valence-electron chi connectivity index (χ3n) is 2.77. The highest BCUT2D eigenvalue weighted by molar-refractivity contribution is 4.82. The Morgan fingerprint density at radius 2 is 2.21 bits per heavy atom. The van der Waals surface area contributed by atoms with E-state index >= 15 is 0 Å². The second kappa shape index (κ2) is 4.57. The van der Waals surface area contributed by atoms with Crippen molar-refractivity contribution in [3.05, 3.63) is 18.5 Å². The first kappa shape index (κ1) is 9.68. The van der Waals surface area contributed by atoms with Crippen molar-refractivity contribution in [2.75, 3.05) is 26.2 Å². The Hall–Kier alpha value is -0.870. The number of hydrogen-bond donors (Lipinski definition) is 1. The van der Waals surface area contributed by atoms with Gasteiger partial charge in [-0.15, -0.1) is 0 Å². The second-order valence-electron chi connectivity index (χ2n) is 3.66. The molecule has 1 fully saturated rings. The van der Waals surface area contributed by atoms with Crippen LogP contribution >= 0.6 is 0 Å². The molecule has 14 heavy (non-hydrogen) atoms. The first-order valence-electron chi connectivity index (χ1n) is 5.35. The van der Waals surface area contributed by atoms with Crippen LogP contribution in [0.4, 0.5) is 0 Å². The van der Waals surface area contributed by atoms with E-state index in [0.717, 1.165) is 32.6 Å². The van der Waals surface area contributed by atoms with Crippen LogP contribution in [0.15, 0.2) is 18.5 Å². The highest BCUT2D eigenvalue weighted by Gasteiger charge is 2.19. The summed E-state index contributed by atoms with van der Waals surface area (Å²) in [4.78, 5) is 2.49. The predicted octanol–water partition coefficient (Wildman–Crippen LogP) is 0.697. The molecule has 1 unspecified atom stereocenters. The van der Waals surface area contributed by atoms with E-state index in [1.54, 1.807) is 0 Å². The van der Waals surface area contributed by atoms with E-state index < -0.39 is 0 Å². The Balaban J connectivity index is 2.04. The lowest BCUT2D eigenvalue weighted by atomic mass is 10.2. The Labute approximate surface area is 84.9 Å². The van der Waals surface area contributed by atoms with Gasteiger partial charge in [0.1, 0.15) is 6.17 Å². The van der Waals surface area contributed by atoms with Crippen LogP contribution in [0.25, 0.3) is 0 Å². The van der Waals surface area contributed by atoms with Crippen LogP contribution in [-0.4, -0.2) is 40.9 Å². The number of nitrogens with zero attached hydrogens (tertiary/aromatic N) is 3. The van der Waals surface area contributed by atoms with Crippen molar-refractivity contribution in [2.24, 2.45) is 0 Å². The Morgan fingerprint density at radius 3 is 2.79 bits per heavy atom. The molecule has 2 rings (SSSR count). The molecule has 0 radical (unpaired) electrons. The molecule has 0 amide bonds. The summed E-state index contributed by atoms with van der Waals surface area (Å²) in [5, 5.41) is 7.68. The van der Waals surface area contributed by atoms with E-state index in [4.69, 9.17) is 0 Å². The van der Waals surface area contributed by atoms with Gasteiger partial charge in [0, 0.05) is 38.6 Å². The maximum atomic E-state index is 4.32. The van der Waals surface area contributed by atoms with Gasteiger partial charge in [0.05, 0.1) is 0 Å². The average Bonchev–Trinajstić information content (AvgIpc) is 2.74. The highest BCUT2D eigenvalue weighted by Crippen LogP contribution is 2.15. The third kappa shape index (κ3) is 1.96. The molecule has 2 heterocycles. The molecule has 78 valence electrons. The topological polar surface area (TPSA) is 33.1 Å². The summed E-state index contributed by atoms with van der Waals surface area (Å²) in [6.45, 7) is 6.65. The number of piperazine rings is 1. The lowest BCUT2D eigenvalue weighted by molar-refractivity contribution is 0.107. The van der Waals surface area contributed by atoms with Gasteiger partial charge in [-0.25, -0.2) is 0 Å². The molecule has 1 aliphatic rings. The standard InChI is InChI=1S/C10H18N4/c1-2-10(14-7-3-4-12-14)13-8-5-11-6-9-13/h3-4,7,10-11H,2,5-6,8-9H2,1H3. The van der Waals surface area contributed by atoms with E-state index in [-0.39, 0.29) is 0 Å². The van der Waals surface area contributed by atoms with Gasteiger partial charge in [0.2, 0.25) is 0 Å². The molecule has 0 aliphatic carbocycles. The summed E-state index contributed by atoms with van der Waals surface area (Å²) in [5.41, 5.74) is 0. The molecule has 0 saturated carbocycles. The van der Waals surface area contributed by atoms with Crippen molar-refractivity contribution < 1.29 is 0 Å².